The zero-order valence-corrected chi connectivity index (χ0v) is 19.8. The number of aromatic nitrogens is 1. The standard InChI is InChI=1S/C28H28N2O4/c1-5-13-34-23-11-10-20(15-19(23)4)26(31)24-25(21-7-6-12-29-16-21)30(28(33)27(24)32)22-14-17(2)8-9-18(22)3/h6-12,14-16,25,31H,5,13H2,1-4H3/b26-24-. The molecule has 0 radical (unpaired) electrons. The number of pyridine rings is 1. The minimum Gasteiger partial charge on any atom is -0.507 e. The Morgan fingerprint density at radius 2 is 1.85 bits per heavy atom. The second kappa shape index (κ2) is 9.51. The Bertz CT molecular complexity index is 1280. The maximum absolute atomic E-state index is 13.3. The molecule has 2 aromatic carbocycles. The summed E-state index contributed by atoms with van der Waals surface area (Å²) in [5, 5.41) is 11.3. The molecule has 0 bridgehead atoms. The summed E-state index contributed by atoms with van der Waals surface area (Å²) in [5.41, 5.74) is 4.42. The van der Waals surface area contributed by atoms with Crippen LogP contribution in [0.3, 0.4) is 0 Å². The molecule has 6 heteroatoms. The van der Waals surface area contributed by atoms with Gasteiger partial charge in [0.25, 0.3) is 11.7 Å². The number of ether oxygens (including phenoxy) is 1. The van der Waals surface area contributed by atoms with Gasteiger partial charge in [0, 0.05) is 23.6 Å². The number of rotatable bonds is 6. The van der Waals surface area contributed by atoms with Crippen molar-refractivity contribution < 1.29 is 19.4 Å². The number of aliphatic hydroxyl groups is 1. The van der Waals surface area contributed by atoms with Gasteiger partial charge in [-0.2, -0.15) is 0 Å². The molecule has 1 aliphatic rings. The Labute approximate surface area is 199 Å². The number of carbonyl (C=O) groups is 2. The molecule has 1 N–H and O–H groups in total. The van der Waals surface area contributed by atoms with Crippen LogP contribution >= 0.6 is 0 Å². The maximum atomic E-state index is 13.3. The molecule has 34 heavy (non-hydrogen) atoms. The van der Waals surface area contributed by atoms with Crippen molar-refractivity contribution in [1.82, 2.24) is 4.98 Å². The number of aliphatic hydroxyl groups excluding tert-OH is 1. The van der Waals surface area contributed by atoms with Gasteiger partial charge in [0.1, 0.15) is 11.5 Å². The number of ketones is 1. The number of nitrogens with zero attached hydrogens (tertiary/aromatic N) is 2. The lowest BCUT2D eigenvalue weighted by Crippen LogP contribution is -2.30. The first kappa shape index (κ1) is 23.2. The average Bonchev–Trinajstić information content (AvgIpc) is 3.10. The number of amides is 1. The van der Waals surface area contributed by atoms with Gasteiger partial charge >= 0.3 is 0 Å². The topological polar surface area (TPSA) is 79.7 Å². The average molecular weight is 457 g/mol. The molecule has 1 unspecified atom stereocenters. The van der Waals surface area contributed by atoms with E-state index in [0.29, 0.717) is 23.4 Å². The van der Waals surface area contributed by atoms with E-state index >= 15 is 0 Å². The fourth-order valence-corrected chi connectivity index (χ4v) is 4.24. The van der Waals surface area contributed by atoms with E-state index in [0.717, 1.165) is 28.9 Å². The highest BCUT2D eigenvalue weighted by Gasteiger charge is 2.47. The van der Waals surface area contributed by atoms with Crippen LogP contribution < -0.4 is 9.64 Å². The number of benzene rings is 2. The highest BCUT2D eigenvalue weighted by atomic mass is 16.5. The highest BCUT2D eigenvalue weighted by molar-refractivity contribution is 6.51. The van der Waals surface area contributed by atoms with Crippen molar-refractivity contribution >= 4 is 23.1 Å². The highest BCUT2D eigenvalue weighted by Crippen LogP contribution is 2.43. The van der Waals surface area contributed by atoms with E-state index in [1.807, 2.05) is 52.0 Å². The first-order valence-corrected chi connectivity index (χ1v) is 11.4. The first-order chi connectivity index (χ1) is 16.3. The third-order valence-electron chi connectivity index (χ3n) is 5.98. The molecule has 0 spiro atoms. The van der Waals surface area contributed by atoms with E-state index in [-0.39, 0.29) is 11.3 Å². The molecule has 2 heterocycles. The summed E-state index contributed by atoms with van der Waals surface area (Å²) in [7, 11) is 0. The number of anilines is 1. The van der Waals surface area contributed by atoms with Gasteiger partial charge in [-0.15, -0.1) is 0 Å². The predicted molar refractivity (Wildman–Crippen MR) is 132 cm³/mol. The molecule has 0 aliphatic carbocycles. The molecule has 1 aromatic heterocycles. The van der Waals surface area contributed by atoms with Gasteiger partial charge in [0.05, 0.1) is 18.2 Å². The van der Waals surface area contributed by atoms with Crippen LogP contribution in [0, 0.1) is 20.8 Å². The molecule has 6 nitrogen and oxygen atoms in total. The van der Waals surface area contributed by atoms with Crippen LogP contribution in [0.1, 0.15) is 47.2 Å². The SMILES string of the molecule is CCCOc1ccc(/C(O)=C2/C(=O)C(=O)N(c3cc(C)ccc3C)C2c2cccnc2)cc1C. The summed E-state index contributed by atoms with van der Waals surface area (Å²) in [5.74, 6) is -0.900. The number of carbonyl (C=O) groups excluding carboxylic acids is 2. The number of aryl methyl sites for hydroxylation is 3. The third-order valence-corrected chi connectivity index (χ3v) is 5.98. The lowest BCUT2D eigenvalue weighted by atomic mass is 9.95. The van der Waals surface area contributed by atoms with E-state index in [9.17, 15) is 14.7 Å². The number of hydrogen-bond donors (Lipinski definition) is 1. The first-order valence-electron chi connectivity index (χ1n) is 11.4. The third kappa shape index (κ3) is 4.19. The fraction of sp³-hybridized carbons (Fsp3) is 0.250. The lowest BCUT2D eigenvalue weighted by Gasteiger charge is -2.27. The van der Waals surface area contributed by atoms with Crippen LogP contribution in [-0.2, 0) is 9.59 Å². The fourth-order valence-electron chi connectivity index (χ4n) is 4.24. The summed E-state index contributed by atoms with van der Waals surface area (Å²) < 4.78 is 5.74. The summed E-state index contributed by atoms with van der Waals surface area (Å²) in [4.78, 5) is 32.3. The number of hydrogen-bond acceptors (Lipinski definition) is 5. The summed E-state index contributed by atoms with van der Waals surface area (Å²) >= 11 is 0. The minimum absolute atomic E-state index is 0.0422. The molecule has 1 aliphatic heterocycles. The molecular weight excluding hydrogens is 428 g/mol. The zero-order valence-electron chi connectivity index (χ0n) is 19.8. The summed E-state index contributed by atoms with van der Waals surface area (Å²) in [6.45, 7) is 8.34. The van der Waals surface area contributed by atoms with Gasteiger partial charge in [0.2, 0.25) is 0 Å². The largest absolute Gasteiger partial charge is 0.507 e. The molecule has 1 saturated heterocycles. The molecule has 4 rings (SSSR count). The Morgan fingerprint density at radius 1 is 1.06 bits per heavy atom. The van der Waals surface area contributed by atoms with Crippen LogP contribution in [0.4, 0.5) is 5.69 Å². The van der Waals surface area contributed by atoms with Crippen LogP contribution in [0.5, 0.6) is 5.75 Å². The van der Waals surface area contributed by atoms with E-state index in [2.05, 4.69) is 4.98 Å². The van der Waals surface area contributed by atoms with Crippen LogP contribution in [0.2, 0.25) is 0 Å². The smallest absolute Gasteiger partial charge is 0.300 e. The Balaban J connectivity index is 1.89. The van der Waals surface area contributed by atoms with E-state index in [1.165, 1.54) is 4.90 Å². The Hall–Kier alpha value is -3.93. The monoisotopic (exact) mass is 456 g/mol. The van der Waals surface area contributed by atoms with Crippen LogP contribution in [0.15, 0.2) is 66.5 Å². The van der Waals surface area contributed by atoms with Crippen molar-refractivity contribution in [2.24, 2.45) is 0 Å². The molecule has 1 fully saturated rings. The van der Waals surface area contributed by atoms with Crippen LogP contribution in [-0.4, -0.2) is 28.4 Å². The Morgan fingerprint density at radius 3 is 2.53 bits per heavy atom. The van der Waals surface area contributed by atoms with Gasteiger partial charge in [0.15, 0.2) is 0 Å². The Kier molecular flexibility index (Phi) is 6.50. The van der Waals surface area contributed by atoms with E-state index in [4.69, 9.17) is 4.74 Å². The van der Waals surface area contributed by atoms with E-state index < -0.39 is 17.7 Å². The molecule has 174 valence electrons. The second-order valence-corrected chi connectivity index (χ2v) is 8.57. The van der Waals surface area contributed by atoms with Gasteiger partial charge in [-0.05, 0) is 79.8 Å². The van der Waals surface area contributed by atoms with Crippen molar-refractivity contribution in [3.05, 3.63) is 94.3 Å². The number of Topliss-reactive ketones (excluding diaryl/α,β-unsaturated/α-hetero) is 1. The van der Waals surface area contributed by atoms with Crippen molar-refractivity contribution in [2.45, 2.75) is 40.2 Å². The van der Waals surface area contributed by atoms with Crippen molar-refractivity contribution in [2.75, 3.05) is 11.5 Å². The summed E-state index contributed by atoms with van der Waals surface area (Å²) in [6, 6.07) is 13.8. The van der Waals surface area contributed by atoms with Gasteiger partial charge in [-0.25, -0.2) is 0 Å². The van der Waals surface area contributed by atoms with Crippen LogP contribution in [0.25, 0.3) is 5.76 Å². The molecule has 1 atom stereocenters. The quantitative estimate of drug-likeness (QED) is 0.304. The zero-order chi connectivity index (χ0) is 24.4. The van der Waals surface area contributed by atoms with Crippen molar-refractivity contribution in [1.29, 1.82) is 0 Å². The molecule has 3 aromatic rings. The molecule has 1 amide bonds. The van der Waals surface area contributed by atoms with Gasteiger partial charge in [-0.3, -0.25) is 19.5 Å². The lowest BCUT2D eigenvalue weighted by molar-refractivity contribution is -0.132. The van der Waals surface area contributed by atoms with Crippen molar-refractivity contribution in [3.8, 4) is 5.75 Å². The maximum Gasteiger partial charge on any atom is 0.300 e. The summed E-state index contributed by atoms with van der Waals surface area (Å²) in [6.07, 6.45) is 4.13. The molecule has 0 saturated carbocycles. The van der Waals surface area contributed by atoms with Crippen molar-refractivity contribution in [3.63, 3.8) is 0 Å². The predicted octanol–water partition coefficient (Wildman–Crippen LogP) is 5.42. The normalized spacial score (nSPS) is 17.3. The van der Waals surface area contributed by atoms with Gasteiger partial charge < -0.3 is 9.84 Å². The molecular formula is C28H28N2O4. The van der Waals surface area contributed by atoms with E-state index in [1.54, 1.807) is 36.7 Å². The second-order valence-electron chi connectivity index (χ2n) is 8.57. The van der Waals surface area contributed by atoms with Gasteiger partial charge in [-0.1, -0.05) is 25.1 Å². The minimum atomic E-state index is -0.800.